The smallest absolute Gasteiger partial charge is 0.251 e. The lowest BCUT2D eigenvalue weighted by Crippen LogP contribution is -2.38. The number of benzene rings is 1. The Labute approximate surface area is 122 Å². The van der Waals surface area contributed by atoms with E-state index in [1.54, 1.807) is 7.05 Å². The second-order valence-electron chi connectivity index (χ2n) is 4.25. The molecular weight excluding hydrogens is 275 g/mol. The van der Waals surface area contributed by atoms with Crippen LogP contribution in [0, 0.1) is 17.7 Å². The van der Waals surface area contributed by atoms with E-state index in [9.17, 15) is 14.0 Å². The average Bonchev–Trinajstić information content (AvgIpc) is 2.50. The van der Waals surface area contributed by atoms with Crippen molar-refractivity contribution in [1.82, 2.24) is 10.2 Å². The van der Waals surface area contributed by atoms with Crippen LogP contribution in [0.25, 0.3) is 0 Å². The Morgan fingerprint density at radius 3 is 2.71 bits per heavy atom. The van der Waals surface area contributed by atoms with Gasteiger partial charge in [0.25, 0.3) is 5.91 Å². The fourth-order valence-corrected chi connectivity index (χ4v) is 1.46. The summed E-state index contributed by atoms with van der Waals surface area (Å²) in [5, 5.41) is 11.0. The number of hydrogen-bond donors (Lipinski definition) is 2. The van der Waals surface area contributed by atoms with Gasteiger partial charge < -0.3 is 15.3 Å². The van der Waals surface area contributed by atoms with Gasteiger partial charge in [-0.05, 0) is 25.1 Å². The van der Waals surface area contributed by atoms with Crippen LogP contribution in [0.4, 0.5) is 4.39 Å². The van der Waals surface area contributed by atoms with E-state index in [1.807, 2.05) is 6.92 Å². The minimum atomic E-state index is -0.652. The number of nitrogens with zero attached hydrogens (tertiary/aromatic N) is 1. The number of carbonyl (C=O) groups excluding carboxylic acids is 2. The summed E-state index contributed by atoms with van der Waals surface area (Å²) in [5.74, 6) is 3.35. The molecule has 2 amide bonds. The topological polar surface area (TPSA) is 69.6 Å². The Morgan fingerprint density at radius 1 is 1.43 bits per heavy atom. The van der Waals surface area contributed by atoms with E-state index in [0.717, 1.165) is 6.07 Å². The van der Waals surface area contributed by atoms with Gasteiger partial charge in [0.15, 0.2) is 0 Å². The lowest BCUT2D eigenvalue weighted by molar-refractivity contribution is -0.128. The number of hydrogen-bond acceptors (Lipinski definition) is 3. The van der Waals surface area contributed by atoms with Crippen LogP contribution in [0.3, 0.4) is 0 Å². The number of halogens is 1. The van der Waals surface area contributed by atoms with Gasteiger partial charge >= 0.3 is 0 Å². The molecule has 0 saturated heterocycles. The molecule has 0 heterocycles. The second kappa shape index (κ2) is 8.02. The Hall–Kier alpha value is -2.39. The molecule has 0 unspecified atom stereocenters. The summed E-state index contributed by atoms with van der Waals surface area (Å²) in [4.78, 5) is 24.8. The predicted octanol–water partition coefficient (Wildman–Crippen LogP) is 0.378. The molecule has 1 aromatic rings. The molecule has 0 aliphatic heterocycles. The van der Waals surface area contributed by atoms with Gasteiger partial charge in [-0.15, -0.1) is 0 Å². The van der Waals surface area contributed by atoms with Crippen LogP contribution in [0.1, 0.15) is 22.8 Å². The van der Waals surface area contributed by atoms with Crippen molar-refractivity contribution in [3.8, 4) is 11.8 Å². The molecule has 0 radical (unpaired) electrons. The molecule has 1 rings (SSSR count). The Balaban J connectivity index is 2.71. The number of aliphatic hydroxyl groups is 1. The standard InChI is InChI=1S/C15H17FN2O3/c1-3-18(2)14(20)10-17-15(21)12-7-6-11(5-4-8-19)13(16)9-12/h6-7,9,19H,3,8,10H2,1-2H3,(H,17,21). The lowest BCUT2D eigenvalue weighted by Gasteiger charge is -2.14. The molecule has 6 heteroatoms. The zero-order chi connectivity index (χ0) is 15.8. The van der Waals surface area contributed by atoms with Crippen molar-refractivity contribution in [2.75, 3.05) is 26.7 Å². The van der Waals surface area contributed by atoms with Crippen molar-refractivity contribution in [3.63, 3.8) is 0 Å². The molecule has 0 saturated carbocycles. The highest BCUT2D eigenvalue weighted by atomic mass is 19.1. The van der Waals surface area contributed by atoms with Gasteiger partial charge in [-0.25, -0.2) is 4.39 Å². The number of rotatable bonds is 4. The molecule has 21 heavy (non-hydrogen) atoms. The summed E-state index contributed by atoms with van der Waals surface area (Å²) in [6, 6.07) is 3.81. The molecule has 112 valence electrons. The first-order valence-corrected chi connectivity index (χ1v) is 6.41. The third kappa shape index (κ3) is 4.89. The Morgan fingerprint density at radius 2 is 2.14 bits per heavy atom. The number of amides is 2. The molecule has 0 aliphatic carbocycles. The van der Waals surface area contributed by atoms with Gasteiger partial charge in [0.05, 0.1) is 12.1 Å². The number of nitrogens with one attached hydrogen (secondary N) is 1. The van der Waals surface area contributed by atoms with E-state index in [-0.39, 0.29) is 30.2 Å². The highest BCUT2D eigenvalue weighted by Gasteiger charge is 2.12. The summed E-state index contributed by atoms with van der Waals surface area (Å²) in [5.41, 5.74) is 0.205. The third-order valence-electron chi connectivity index (χ3n) is 2.83. The maximum absolute atomic E-state index is 13.7. The summed E-state index contributed by atoms with van der Waals surface area (Å²) in [7, 11) is 1.63. The molecule has 0 atom stereocenters. The third-order valence-corrected chi connectivity index (χ3v) is 2.83. The summed E-state index contributed by atoms with van der Waals surface area (Å²) >= 11 is 0. The van der Waals surface area contributed by atoms with Crippen molar-refractivity contribution >= 4 is 11.8 Å². The molecule has 0 spiro atoms. The van der Waals surface area contributed by atoms with Crippen LogP contribution in [0.2, 0.25) is 0 Å². The normalized spacial score (nSPS) is 9.52. The van der Waals surface area contributed by atoms with Crippen molar-refractivity contribution in [3.05, 3.63) is 35.1 Å². The van der Waals surface area contributed by atoms with Crippen LogP contribution in [-0.4, -0.2) is 48.6 Å². The largest absolute Gasteiger partial charge is 0.384 e. The number of aliphatic hydroxyl groups excluding tert-OH is 1. The zero-order valence-corrected chi connectivity index (χ0v) is 11.9. The zero-order valence-electron chi connectivity index (χ0n) is 11.9. The summed E-state index contributed by atoms with van der Waals surface area (Å²) in [6.45, 7) is 1.86. The van der Waals surface area contributed by atoms with Crippen LogP contribution in [-0.2, 0) is 4.79 Å². The van der Waals surface area contributed by atoms with E-state index in [4.69, 9.17) is 5.11 Å². The predicted molar refractivity (Wildman–Crippen MR) is 76.0 cm³/mol. The second-order valence-corrected chi connectivity index (χ2v) is 4.25. The number of carbonyl (C=O) groups is 2. The molecule has 0 bridgehead atoms. The molecule has 0 fully saturated rings. The van der Waals surface area contributed by atoms with Crippen molar-refractivity contribution in [2.45, 2.75) is 6.92 Å². The first-order valence-electron chi connectivity index (χ1n) is 6.41. The first kappa shape index (κ1) is 16.7. The quantitative estimate of drug-likeness (QED) is 0.788. The minimum absolute atomic E-state index is 0.0994. The van der Waals surface area contributed by atoms with Crippen molar-refractivity contribution < 1.29 is 19.1 Å². The van der Waals surface area contributed by atoms with Gasteiger partial charge in [0.2, 0.25) is 5.91 Å². The summed E-state index contributed by atoms with van der Waals surface area (Å²) < 4.78 is 13.7. The highest BCUT2D eigenvalue weighted by Crippen LogP contribution is 2.09. The maximum atomic E-state index is 13.7. The van der Waals surface area contributed by atoms with E-state index in [1.165, 1.54) is 17.0 Å². The van der Waals surface area contributed by atoms with Gasteiger partial charge in [0, 0.05) is 19.2 Å². The maximum Gasteiger partial charge on any atom is 0.251 e. The fraction of sp³-hybridized carbons (Fsp3) is 0.333. The van der Waals surface area contributed by atoms with E-state index >= 15 is 0 Å². The molecule has 0 aromatic heterocycles. The first-order chi connectivity index (χ1) is 9.99. The average molecular weight is 292 g/mol. The van der Waals surface area contributed by atoms with Crippen molar-refractivity contribution in [2.24, 2.45) is 0 Å². The van der Waals surface area contributed by atoms with Crippen LogP contribution in [0.5, 0.6) is 0 Å². The monoisotopic (exact) mass is 292 g/mol. The summed E-state index contributed by atoms with van der Waals surface area (Å²) in [6.07, 6.45) is 0. The molecule has 2 N–H and O–H groups in total. The molecular formula is C15H17FN2O3. The van der Waals surface area contributed by atoms with Crippen LogP contribution >= 0.6 is 0 Å². The number of likely N-dealkylation sites (N-methyl/N-ethyl adjacent to an activating group) is 1. The van der Waals surface area contributed by atoms with Crippen molar-refractivity contribution in [1.29, 1.82) is 0 Å². The Kier molecular flexibility index (Phi) is 6.37. The SMILES string of the molecule is CCN(C)C(=O)CNC(=O)c1ccc(C#CCO)c(F)c1. The van der Waals surface area contributed by atoms with Gasteiger partial charge in [-0.3, -0.25) is 9.59 Å². The van der Waals surface area contributed by atoms with Crippen LogP contribution < -0.4 is 5.32 Å². The van der Waals surface area contributed by atoms with E-state index < -0.39 is 11.7 Å². The molecule has 1 aromatic carbocycles. The Bertz CT molecular complexity index is 590. The van der Waals surface area contributed by atoms with Gasteiger partial charge in [0.1, 0.15) is 12.4 Å². The van der Waals surface area contributed by atoms with Crippen LogP contribution in [0.15, 0.2) is 18.2 Å². The molecule has 0 aliphatic rings. The molecule has 5 nitrogen and oxygen atoms in total. The minimum Gasteiger partial charge on any atom is -0.384 e. The van der Waals surface area contributed by atoms with Gasteiger partial charge in [-0.1, -0.05) is 11.8 Å². The fourth-order valence-electron chi connectivity index (χ4n) is 1.46. The lowest BCUT2D eigenvalue weighted by atomic mass is 10.1. The van der Waals surface area contributed by atoms with E-state index in [2.05, 4.69) is 17.2 Å². The highest BCUT2D eigenvalue weighted by molar-refractivity contribution is 5.96. The van der Waals surface area contributed by atoms with E-state index in [0.29, 0.717) is 6.54 Å². The van der Waals surface area contributed by atoms with Gasteiger partial charge in [-0.2, -0.15) is 0 Å².